The van der Waals surface area contributed by atoms with Gasteiger partial charge in [0, 0.05) is 18.8 Å². The highest BCUT2D eigenvalue weighted by molar-refractivity contribution is 5.96. The van der Waals surface area contributed by atoms with E-state index in [1.54, 1.807) is 20.8 Å². The summed E-state index contributed by atoms with van der Waals surface area (Å²) in [5.74, 6) is 0.197. The first-order valence-electron chi connectivity index (χ1n) is 11.6. The van der Waals surface area contributed by atoms with Gasteiger partial charge in [0.05, 0.1) is 11.9 Å². The van der Waals surface area contributed by atoms with Gasteiger partial charge < -0.3 is 15.4 Å². The smallest absolute Gasteiger partial charge is 0.420 e. The Kier molecular flexibility index (Phi) is 7.76. The summed E-state index contributed by atoms with van der Waals surface area (Å²) in [5, 5.41) is 9.10. The average Bonchev–Trinajstić information content (AvgIpc) is 3.14. The van der Waals surface area contributed by atoms with Crippen LogP contribution in [0.5, 0.6) is 0 Å². The van der Waals surface area contributed by atoms with Gasteiger partial charge in [0.25, 0.3) is 0 Å². The highest BCUT2D eigenvalue weighted by Gasteiger charge is 2.37. The maximum Gasteiger partial charge on any atom is 0.420 e. The molecule has 1 fully saturated rings. The van der Waals surface area contributed by atoms with Gasteiger partial charge in [-0.05, 0) is 57.6 Å². The third-order valence-corrected chi connectivity index (χ3v) is 6.02. The zero-order valence-electron chi connectivity index (χ0n) is 20.6. The minimum absolute atomic E-state index is 0.0678. The van der Waals surface area contributed by atoms with Crippen molar-refractivity contribution in [3.63, 3.8) is 0 Å². The summed E-state index contributed by atoms with van der Waals surface area (Å²) in [6.45, 7) is 7.37. The zero-order chi connectivity index (χ0) is 26.0. The number of carbonyl (C=O) groups excluding carboxylic acids is 2. The van der Waals surface area contributed by atoms with Crippen molar-refractivity contribution in [3.05, 3.63) is 30.1 Å². The molecule has 0 radical (unpaired) electrons. The first-order valence-corrected chi connectivity index (χ1v) is 11.6. The molecule has 11 heteroatoms. The molecule has 0 aliphatic heterocycles. The second-order valence-electron chi connectivity index (χ2n) is 10.1. The normalized spacial score (nSPS) is 19.7. The minimum Gasteiger partial charge on any atom is -0.444 e. The molecule has 0 spiro atoms. The molecule has 0 unspecified atom stereocenters. The summed E-state index contributed by atoms with van der Waals surface area (Å²) in [5.41, 5.74) is -1.50. The van der Waals surface area contributed by atoms with E-state index >= 15 is 0 Å². The van der Waals surface area contributed by atoms with Crippen LogP contribution in [0.1, 0.15) is 58.9 Å². The second-order valence-corrected chi connectivity index (χ2v) is 10.1. The molecule has 2 aromatic heterocycles. The molecule has 8 nitrogen and oxygen atoms in total. The van der Waals surface area contributed by atoms with Crippen molar-refractivity contribution in [1.82, 2.24) is 20.1 Å². The monoisotopic (exact) mass is 495 g/mol. The second kappa shape index (κ2) is 10.2. The Balaban J connectivity index is 1.77. The quantitative estimate of drug-likeness (QED) is 0.597. The van der Waals surface area contributed by atoms with E-state index in [0.717, 1.165) is 36.6 Å². The molecule has 0 aromatic carbocycles. The molecule has 2 amide bonds. The van der Waals surface area contributed by atoms with Gasteiger partial charge in [-0.15, -0.1) is 0 Å². The summed E-state index contributed by atoms with van der Waals surface area (Å²) in [6.07, 6.45) is 0.227. The number of nitrogens with one attached hydrogen (secondary N) is 2. The average molecular weight is 496 g/mol. The van der Waals surface area contributed by atoms with E-state index in [9.17, 15) is 22.8 Å². The number of hydrogen-bond acceptors (Lipinski definition) is 5. The number of alkyl carbamates (subject to hydrolysis) is 1. The number of ether oxygens (including phenoxy) is 1. The molecular formula is C24H32F3N5O3. The first kappa shape index (κ1) is 26.5. The first-order chi connectivity index (χ1) is 16.2. The van der Waals surface area contributed by atoms with Crippen LogP contribution in [0.25, 0.3) is 11.3 Å². The summed E-state index contributed by atoms with van der Waals surface area (Å²) in [7, 11) is 1.41. The molecule has 0 saturated heterocycles. The largest absolute Gasteiger partial charge is 0.444 e. The third kappa shape index (κ3) is 6.95. The van der Waals surface area contributed by atoms with E-state index in [2.05, 4.69) is 27.6 Å². The van der Waals surface area contributed by atoms with Crippen LogP contribution in [0.15, 0.2) is 24.5 Å². The molecule has 2 aromatic rings. The molecule has 1 aliphatic rings. The fraction of sp³-hybridized carbons (Fsp3) is 0.583. The number of aromatic nitrogens is 3. The highest BCUT2D eigenvalue weighted by Crippen LogP contribution is 2.36. The van der Waals surface area contributed by atoms with E-state index in [1.165, 1.54) is 25.4 Å². The Morgan fingerprint density at radius 3 is 2.31 bits per heavy atom. The van der Waals surface area contributed by atoms with E-state index in [0.29, 0.717) is 5.92 Å². The standard InChI is InChI=1S/C24H32F3N5O3/c1-14-6-8-15(9-7-14)19(31-22(34)35-23(2,3)4)21(33)30-18-11-10-16(12-28-18)20-17(24(25,26)27)13-29-32(20)5/h10-15,19H,6-9H2,1-5H3,(H,31,34)(H,28,30,33)/t14?,15?,19-/m0/s1. The Morgan fingerprint density at radius 1 is 1.11 bits per heavy atom. The number of pyridine rings is 1. The number of hydrogen-bond donors (Lipinski definition) is 2. The Labute approximate surface area is 202 Å². The lowest BCUT2D eigenvalue weighted by atomic mass is 9.79. The molecule has 1 atom stereocenters. The number of nitrogens with zero attached hydrogens (tertiary/aromatic N) is 3. The number of anilines is 1. The van der Waals surface area contributed by atoms with Gasteiger partial charge >= 0.3 is 12.3 Å². The number of aryl methyl sites for hydroxylation is 1. The number of alkyl halides is 3. The van der Waals surface area contributed by atoms with Crippen molar-refractivity contribution >= 4 is 17.8 Å². The predicted octanol–water partition coefficient (Wildman–Crippen LogP) is 5.16. The van der Waals surface area contributed by atoms with Crippen LogP contribution >= 0.6 is 0 Å². The maximum absolute atomic E-state index is 13.3. The van der Waals surface area contributed by atoms with E-state index in [-0.39, 0.29) is 23.0 Å². The van der Waals surface area contributed by atoms with Crippen LogP contribution in [0.4, 0.5) is 23.8 Å². The van der Waals surface area contributed by atoms with Gasteiger partial charge in [0.15, 0.2) is 0 Å². The molecular weight excluding hydrogens is 463 g/mol. The van der Waals surface area contributed by atoms with Gasteiger partial charge in [0.1, 0.15) is 23.0 Å². The molecule has 1 aliphatic carbocycles. The van der Waals surface area contributed by atoms with Crippen LogP contribution < -0.4 is 10.6 Å². The maximum atomic E-state index is 13.3. The van der Waals surface area contributed by atoms with Crippen LogP contribution in [0.3, 0.4) is 0 Å². The molecule has 2 heterocycles. The van der Waals surface area contributed by atoms with Crippen LogP contribution in [0.2, 0.25) is 0 Å². The van der Waals surface area contributed by atoms with Gasteiger partial charge in [-0.1, -0.05) is 19.8 Å². The van der Waals surface area contributed by atoms with E-state index < -0.39 is 35.4 Å². The zero-order valence-corrected chi connectivity index (χ0v) is 20.6. The van der Waals surface area contributed by atoms with E-state index in [1.807, 2.05) is 0 Å². The molecule has 3 rings (SSSR count). The van der Waals surface area contributed by atoms with Crippen molar-refractivity contribution in [2.75, 3.05) is 5.32 Å². The lowest BCUT2D eigenvalue weighted by Gasteiger charge is -2.32. The van der Waals surface area contributed by atoms with Gasteiger partial charge in [-0.2, -0.15) is 18.3 Å². The fourth-order valence-electron chi connectivity index (χ4n) is 4.25. The molecule has 35 heavy (non-hydrogen) atoms. The van der Waals surface area contributed by atoms with Crippen molar-refractivity contribution in [1.29, 1.82) is 0 Å². The Hall–Kier alpha value is -3.11. The van der Waals surface area contributed by atoms with Crippen molar-refractivity contribution in [2.45, 2.75) is 71.2 Å². The number of carbonyl (C=O) groups is 2. The van der Waals surface area contributed by atoms with Gasteiger partial charge in [0.2, 0.25) is 5.91 Å². The molecule has 0 bridgehead atoms. The van der Waals surface area contributed by atoms with Crippen molar-refractivity contribution < 1.29 is 27.5 Å². The highest BCUT2D eigenvalue weighted by atomic mass is 19.4. The lowest BCUT2D eigenvalue weighted by molar-refractivity contribution is -0.137. The molecule has 192 valence electrons. The number of amides is 2. The number of rotatable bonds is 5. The molecule has 1 saturated carbocycles. The van der Waals surface area contributed by atoms with Crippen molar-refractivity contribution in [2.24, 2.45) is 18.9 Å². The van der Waals surface area contributed by atoms with E-state index in [4.69, 9.17) is 4.74 Å². The summed E-state index contributed by atoms with van der Waals surface area (Å²) >= 11 is 0. The number of halogens is 3. The summed E-state index contributed by atoms with van der Waals surface area (Å²) < 4.78 is 46.4. The van der Waals surface area contributed by atoms with Gasteiger partial charge in [-0.25, -0.2) is 9.78 Å². The van der Waals surface area contributed by atoms with Crippen LogP contribution in [-0.2, 0) is 22.8 Å². The topological polar surface area (TPSA) is 98.1 Å². The van der Waals surface area contributed by atoms with Crippen LogP contribution in [-0.4, -0.2) is 38.4 Å². The van der Waals surface area contributed by atoms with Gasteiger partial charge in [-0.3, -0.25) is 9.48 Å². The van der Waals surface area contributed by atoms with Crippen molar-refractivity contribution in [3.8, 4) is 11.3 Å². The Morgan fingerprint density at radius 2 is 1.77 bits per heavy atom. The minimum atomic E-state index is -4.56. The fourth-order valence-corrected chi connectivity index (χ4v) is 4.25. The molecule has 2 N–H and O–H groups in total. The SMILES string of the molecule is CC1CCC([C@H](NC(=O)OC(C)(C)C)C(=O)Nc2ccc(-c3c(C(F)(F)F)cnn3C)cn2)CC1. The van der Waals surface area contributed by atoms with Crippen LogP contribution in [0, 0.1) is 11.8 Å². The Bertz CT molecular complexity index is 1040. The third-order valence-electron chi connectivity index (χ3n) is 6.02. The lowest BCUT2D eigenvalue weighted by Crippen LogP contribution is -2.50. The summed E-state index contributed by atoms with van der Waals surface area (Å²) in [4.78, 5) is 29.7. The predicted molar refractivity (Wildman–Crippen MR) is 124 cm³/mol. The summed E-state index contributed by atoms with van der Waals surface area (Å²) in [6, 6.07) is 2.04.